The molecule has 0 spiro atoms. The van der Waals surface area contributed by atoms with Crippen LogP contribution < -0.4 is 0 Å². The zero-order valence-electron chi connectivity index (χ0n) is 18.9. The van der Waals surface area contributed by atoms with Crippen LogP contribution in [0.1, 0.15) is 59.1 Å². The van der Waals surface area contributed by atoms with Gasteiger partial charge in [0.2, 0.25) is 5.91 Å². The van der Waals surface area contributed by atoms with Gasteiger partial charge in [-0.1, -0.05) is 11.2 Å². The van der Waals surface area contributed by atoms with Gasteiger partial charge in [-0.05, 0) is 38.0 Å². The average molecular weight is 505 g/mol. The number of alkyl halides is 3. The number of hydrogen-bond acceptors (Lipinski definition) is 7. The molecule has 1 unspecified atom stereocenters. The van der Waals surface area contributed by atoms with Crippen LogP contribution in [0.15, 0.2) is 41.0 Å². The molecule has 3 aromatic heterocycles. The highest BCUT2D eigenvalue weighted by Crippen LogP contribution is 2.33. The van der Waals surface area contributed by atoms with Gasteiger partial charge in [0.1, 0.15) is 12.3 Å². The highest BCUT2D eigenvalue weighted by atomic mass is 32.1. The summed E-state index contributed by atoms with van der Waals surface area (Å²) in [5.41, 5.74) is 1.75. The third kappa shape index (κ3) is 5.07. The molecule has 0 aliphatic carbocycles. The number of amides is 1. The summed E-state index contributed by atoms with van der Waals surface area (Å²) in [4.78, 5) is 29.0. The summed E-state index contributed by atoms with van der Waals surface area (Å²) in [6, 6.07) is 6.64. The number of likely N-dealkylation sites (tertiary alicyclic amines) is 1. The molecule has 1 saturated heterocycles. The van der Waals surface area contributed by atoms with E-state index in [0.29, 0.717) is 25.2 Å². The van der Waals surface area contributed by atoms with Crippen molar-refractivity contribution >= 4 is 23.0 Å². The number of carbonyl (C=O) groups is 1. The number of halogens is 3. The second kappa shape index (κ2) is 9.40. The Kier molecular flexibility index (Phi) is 6.30. The number of pyridine rings is 1. The number of carbonyl (C=O) groups excluding carboxylic acids is 1. The second-order valence-corrected chi connectivity index (χ2v) is 9.53. The Balaban J connectivity index is 1.15. The minimum Gasteiger partial charge on any atom is -0.385 e. The molecule has 1 amide bonds. The third-order valence-corrected chi connectivity index (χ3v) is 7.26. The van der Waals surface area contributed by atoms with Crippen LogP contribution in [0.25, 0.3) is 0 Å². The molecule has 0 saturated carbocycles. The maximum absolute atomic E-state index is 12.9. The summed E-state index contributed by atoms with van der Waals surface area (Å²) in [7, 11) is 0. The Bertz CT molecular complexity index is 1230. The summed E-state index contributed by atoms with van der Waals surface area (Å²) in [5.74, 6) is -0.0168. The van der Waals surface area contributed by atoms with Gasteiger partial charge in [0.05, 0.1) is 16.4 Å². The van der Waals surface area contributed by atoms with Gasteiger partial charge in [0.25, 0.3) is 0 Å². The van der Waals surface area contributed by atoms with Gasteiger partial charge in [0.15, 0.2) is 11.8 Å². The fraction of sp³-hybridized carbons (Fsp3) is 0.435. The molecular weight excluding hydrogens is 481 g/mol. The molecule has 2 aliphatic heterocycles. The van der Waals surface area contributed by atoms with E-state index in [4.69, 9.17) is 9.82 Å². The lowest BCUT2D eigenvalue weighted by molar-refractivity contribution is -0.142. The molecule has 0 N–H and O–H groups in total. The highest BCUT2D eigenvalue weighted by Gasteiger charge is 2.35. The fourth-order valence-electron chi connectivity index (χ4n) is 4.27. The SMILES string of the molecule is Cc1cc(C(F)(F)F)nn1CC(=O)N1CCC(c2nc(C3=NOC(c4ccccn4)C3)cs2)CC1. The smallest absolute Gasteiger partial charge is 0.385 e. The summed E-state index contributed by atoms with van der Waals surface area (Å²) in [5, 5.41) is 10.7. The Morgan fingerprint density at radius 3 is 2.74 bits per heavy atom. The molecule has 5 rings (SSSR count). The molecule has 1 atom stereocenters. The lowest BCUT2D eigenvalue weighted by atomic mass is 9.97. The normalized spacial score (nSPS) is 19.0. The molecule has 2 aliphatic rings. The zero-order chi connectivity index (χ0) is 24.6. The molecule has 8 nitrogen and oxygen atoms in total. The topological polar surface area (TPSA) is 85.5 Å². The standard InChI is InChI=1S/C23H23F3N6O2S/c1-14-10-20(23(24,25)26)29-32(14)12-21(33)31-8-5-15(6-9-31)22-28-18(13-35-22)17-11-19(34-30-17)16-4-2-3-7-27-16/h2-4,7,10,13,15,19H,5-6,8-9,11-12H2,1H3. The molecule has 12 heteroatoms. The summed E-state index contributed by atoms with van der Waals surface area (Å²) in [6.45, 7) is 2.36. The molecular formula is C23H23F3N6O2S. The maximum Gasteiger partial charge on any atom is 0.435 e. The molecule has 35 heavy (non-hydrogen) atoms. The van der Waals surface area contributed by atoms with Crippen molar-refractivity contribution in [1.82, 2.24) is 24.6 Å². The van der Waals surface area contributed by atoms with Crippen LogP contribution in [0.4, 0.5) is 13.2 Å². The van der Waals surface area contributed by atoms with E-state index in [9.17, 15) is 18.0 Å². The van der Waals surface area contributed by atoms with Crippen molar-refractivity contribution in [2.75, 3.05) is 13.1 Å². The van der Waals surface area contributed by atoms with E-state index in [2.05, 4.69) is 15.2 Å². The lowest BCUT2D eigenvalue weighted by Crippen LogP contribution is -2.40. The van der Waals surface area contributed by atoms with E-state index >= 15 is 0 Å². The Morgan fingerprint density at radius 1 is 1.26 bits per heavy atom. The van der Waals surface area contributed by atoms with Crippen LogP contribution in [-0.4, -0.2) is 49.4 Å². The highest BCUT2D eigenvalue weighted by molar-refractivity contribution is 7.10. The van der Waals surface area contributed by atoms with Gasteiger partial charge < -0.3 is 9.74 Å². The van der Waals surface area contributed by atoms with E-state index in [0.717, 1.165) is 45.7 Å². The average Bonchev–Trinajstić information content (AvgIpc) is 3.60. The fourth-order valence-corrected chi connectivity index (χ4v) is 5.27. The molecule has 5 heterocycles. The molecule has 1 fully saturated rings. The summed E-state index contributed by atoms with van der Waals surface area (Å²) in [6.07, 6.45) is -0.926. The number of nitrogens with zero attached hydrogens (tertiary/aromatic N) is 6. The first-order valence-corrected chi connectivity index (χ1v) is 12.1. The minimum atomic E-state index is -4.53. The molecule has 0 bridgehead atoms. The Hall–Kier alpha value is -3.28. The first kappa shape index (κ1) is 23.5. The number of rotatable bonds is 5. The van der Waals surface area contributed by atoms with E-state index in [1.165, 1.54) is 6.92 Å². The van der Waals surface area contributed by atoms with Crippen LogP contribution in [0, 0.1) is 6.92 Å². The number of piperidine rings is 1. The van der Waals surface area contributed by atoms with Crippen LogP contribution in [0.3, 0.4) is 0 Å². The van der Waals surface area contributed by atoms with Crippen molar-refractivity contribution in [1.29, 1.82) is 0 Å². The number of hydrogen-bond donors (Lipinski definition) is 0. The predicted molar refractivity (Wildman–Crippen MR) is 122 cm³/mol. The van der Waals surface area contributed by atoms with E-state index in [-0.39, 0.29) is 24.5 Å². The predicted octanol–water partition coefficient (Wildman–Crippen LogP) is 4.33. The van der Waals surface area contributed by atoms with Crippen LogP contribution in [-0.2, 0) is 22.4 Å². The number of aryl methyl sites for hydroxylation is 1. The van der Waals surface area contributed by atoms with Crippen molar-refractivity contribution in [3.63, 3.8) is 0 Å². The number of thiazole rings is 1. The first-order valence-electron chi connectivity index (χ1n) is 11.3. The third-order valence-electron chi connectivity index (χ3n) is 6.26. The monoisotopic (exact) mass is 504 g/mol. The van der Waals surface area contributed by atoms with Crippen molar-refractivity contribution in [2.45, 2.75) is 50.9 Å². The molecule has 0 radical (unpaired) electrons. The zero-order valence-corrected chi connectivity index (χ0v) is 19.7. The van der Waals surface area contributed by atoms with E-state index < -0.39 is 11.9 Å². The summed E-state index contributed by atoms with van der Waals surface area (Å²) >= 11 is 1.57. The van der Waals surface area contributed by atoms with Crippen molar-refractivity contribution in [3.05, 3.63) is 63.6 Å². The van der Waals surface area contributed by atoms with Gasteiger partial charge in [-0.3, -0.25) is 14.5 Å². The van der Waals surface area contributed by atoms with E-state index in [1.807, 2.05) is 23.6 Å². The maximum atomic E-state index is 12.9. The first-order chi connectivity index (χ1) is 16.8. The quantitative estimate of drug-likeness (QED) is 0.516. The van der Waals surface area contributed by atoms with Gasteiger partial charge in [-0.15, -0.1) is 11.3 Å². The van der Waals surface area contributed by atoms with Gasteiger partial charge in [-0.25, -0.2) is 4.98 Å². The van der Waals surface area contributed by atoms with Gasteiger partial charge in [-0.2, -0.15) is 18.3 Å². The minimum absolute atomic E-state index is 0.203. The lowest BCUT2D eigenvalue weighted by Gasteiger charge is -2.31. The van der Waals surface area contributed by atoms with Crippen LogP contribution >= 0.6 is 11.3 Å². The van der Waals surface area contributed by atoms with E-state index in [1.54, 1.807) is 22.4 Å². The van der Waals surface area contributed by atoms with Crippen molar-refractivity contribution in [2.24, 2.45) is 5.16 Å². The largest absolute Gasteiger partial charge is 0.435 e. The van der Waals surface area contributed by atoms with Crippen molar-refractivity contribution < 1.29 is 22.8 Å². The Labute approximate surface area is 203 Å². The molecule has 184 valence electrons. The second-order valence-electron chi connectivity index (χ2n) is 8.64. The molecule has 0 aromatic carbocycles. The number of aromatic nitrogens is 4. The van der Waals surface area contributed by atoms with Crippen LogP contribution in [0.5, 0.6) is 0 Å². The van der Waals surface area contributed by atoms with Crippen LogP contribution in [0.2, 0.25) is 0 Å². The van der Waals surface area contributed by atoms with Gasteiger partial charge in [0, 0.05) is 42.7 Å². The number of oxime groups is 1. The summed E-state index contributed by atoms with van der Waals surface area (Å²) < 4.78 is 39.8. The molecule has 3 aromatic rings. The van der Waals surface area contributed by atoms with Gasteiger partial charge >= 0.3 is 6.18 Å². The Morgan fingerprint density at radius 2 is 2.06 bits per heavy atom. The van der Waals surface area contributed by atoms with Crippen molar-refractivity contribution in [3.8, 4) is 0 Å².